The second-order valence-electron chi connectivity index (χ2n) is 5.70. The molecule has 1 aliphatic carbocycles. The average Bonchev–Trinajstić information content (AvgIpc) is 3.03. The maximum absolute atomic E-state index is 11.8. The molecule has 1 aliphatic rings. The minimum absolute atomic E-state index is 0.212. The molecule has 1 fully saturated rings. The molecule has 1 saturated carbocycles. The Labute approximate surface area is 128 Å². The van der Waals surface area contributed by atoms with Gasteiger partial charge in [-0.15, -0.1) is 0 Å². The molecule has 0 radical (unpaired) electrons. The van der Waals surface area contributed by atoms with Crippen molar-refractivity contribution in [1.29, 1.82) is 0 Å². The molecule has 1 atom stereocenters. The standard InChI is InChI=1S/C14H21N7O/c1-10(11-4-5-11)21-8-12(7-18-21)19-14(22)15-6-2-3-13-16-9-17-20-13/h7-11H,2-6H2,1H3,(H2,15,19,22)(H,16,17,20)/t10-/m1/s1. The van der Waals surface area contributed by atoms with Gasteiger partial charge in [0.25, 0.3) is 0 Å². The highest BCUT2D eigenvalue weighted by molar-refractivity contribution is 5.88. The van der Waals surface area contributed by atoms with Crippen molar-refractivity contribution in [3.63, 3.8) is 0 Å². The lowest BCUT2D eigenvalue weighted by atomic mass is 10.2. The minimum Gasteiger partial charge on any atom is -0.338 e. The van der Waals surface area contributed by atoms with Gasteiger partial charge in [0, 0.05) is 19.2 Å². The number of H-pyrrole nitrogens is 1. The Balaban J connectivity index is 1.38. The molecule has 3 rings (SSSR count). The average molecular weight is 303 g/mol. The Kier molecular flexibility index (Phi) is 4.36. The fourth-order valence-electron chi connectivity index (χ4n) is 2.40. The molecule has 2 heterocycles. The summed E-state index contributed by atoms with van der Waals surface area (Å²) in [6.07, 6.45) is 9.17. The van der Waals surface area contributed by atoms with Gasteiger partial charge in [0.05, 0.1) is 17.9 Å². The molecule has 0 unspecified atom stereocenters. The number of amides is 2. The number of urea groups is 1. The van der Waals surface area contributed by atoms with Crippen molar-refractivity contribution in [3.05, 3.63) is 24.5 Å². The van der Waals surface area contributed by atoms with Crippen molar-refractivity contribution >= 4 is 11.7 Å². The maximum atomic E-state index is 11.8. The largest absolute Gasteiger partial charge is 0.338 e. The van der Waals surface area contributed by atoms with Gasteiger partial charge in [0.2, 0.25) is 0 Å². The number of rotatable bonds is 7. The number of hydrogen-bond acceptors (Lipinski definition) is 4. The number of aromatic nitrogens is 5. The van der Waals surface area contributed by atoms with Crippen LogP contribution in [0.2, 0.25) is 0 Å². The number of carbonyl (C=O) groups is 1. The lowest BCUT2D eigenvalue weighted by molar-refractivity contribution is 0.252. The lowest BCUT2D eigenvalue weighted by Gasteiger charge is -2.09. The summed E-state index contributed by atoms with van der Waals surface area (Å²) < 4.78 is 1.93. The number of carbonyl (C=O) groups excluding carboxylic acids is 1. The highest BCUT2D eigenvalue weighted by atomic mass is 16.2. The molecular weight excluding hydrogens is 282 g/mol. The van der Waals surface area contributed by atoms with Crippen LogP contribution in [0.4, 0.5) is 10.5 Å². The van der Waals surface area contributed by atoms with Gasteiger partial charge in [-0.2, -0.15) is 10.2 Å². The quantitative estimate of drug-likeness (QED) is 0.678. The fraction of sp³-hybridized carbons (Fsp3) is 0.571. The van der Waals surface area contributed by atoms with Crippen LogP contribution < -0.4 is 10.6 Å². The van der Waals surface area contributed by atoms with E-state index in [-0.39, 0.29) is 6.03 Å². The molecule has 0 spiro atoms. The summed E-state index contributed by atoms with van der Waals surface area (Å²) in [6.45, 7) is 2.75. The summed E-state index contributed by atoms with van der Waals surface area (Å²) in [6, 6.07) is 0.191. The fourth-order valence-corrected chi connectivity index (χ4v) is 2.40. The van der Waals surface area contributed by atoms with E-state index >= 15 is 0 Å². The summed E-state index contributed by atoms with van der Waals surface area (Å²) in [5.41, 5.74) is 0.722. The summed E-state index contributed by atoms with van der Waals surface area (Å²) in [4.78, 5) is 15.8. The first-order valence-corrected chi connectivity index (χ1v) is 7.65. The van der Waals surface area contributed by atoms with Gasteiger partial charge in [-0.25, -0.2) is 9.78 Å². The minimum atomic E-state index is -0.212. The zero-order chi connectivity index (χ0) is 15.4. The zero-order valence-corrected chi connectivity index (χ0v) is 12.6. The van der Waals surface area contributed by atoms with Crippen LogP contribution in [-0.2, 0) is 6.42 Å². The third kappa shape index (κ3) is 3.84. The van der Waals surface area contributed by atoms with Crippen LogP contribution >= 0.6 is 0 Å². The lowest BCUT2D eigenvalue weighted by Crippen LogP contribution is -2.29. The molecule has 0 saturated heterocycles. The van der Waals surface area contributed by atoms with Crippen LogP contribution in [0.1, 0.15) is 38.1 Å². The normalized spacial score (nSPS) is 15.5. The molecule has 0 bridgehead atoms. The summed E-state index contributed by atoms with van der Waals surface area (Å²) in [5, 5.41) is 16.5. The predicted molar refractivity (Wildman–Crippen MR) is 81.4 cm³/mol. The van der Waals surface area contributed by atoms with Crippen molar-refractivity contribution in [2.75, 3.05) is 11.9 Å². The van der Waals surface area contributed by atoms with Gasteiger partial charge in [-0.05, 0) is 32.1 Å². The van der Waals surface area contributed by atoms with E-state index in [4.69, 9.17) is 0 Å². The van der Waals surface area contributed by atoms with E-state index in [1.165, 1.54) is 19.2 Å². The van der Waals surface area contributed by atoms with E-state index in [0.717, 1.165) is 30.3 Å². The number of nitrogens with one attached hydrogen (secondary N) is 3. The van der Waals surface area contributed by atoms with Gasteiger partial charge >= 0.3 is 6.03 Å². The third-order valence-corrected chi connectivity index (χ3v) is 3.92. The second kappa shape index (κ2) is 6.59. The molecule has 2 amide bonds. The topological polar surface area (TPSA) is 101 Å². The smallest absolute Gasteiger partial charge is 0.319 e. The van der Waals surface area contributed by atoms with Gasteiger partial charge in [0.15, 0.2) is 0 Å². The molecule has 8 heteroatoms. The number of hydrogen-bond donors (Lipinski definition) is 3. The van der Waals surface area contributed by atoms with Crippen LogP contribution in [0.25, 0.3) is 0 Å². The van der Waals surface area contributed by atoms with E-state index in [2.05, 4.69) is 37.8 Å². The first-order valence-electron chi connectivity index (χ1n) is 7.65. The molecule has 22 heavy (non-hydrogen) atoms. The first kappa shape index (κ1) is 14.6. The molecule has 0 aromatic carbocycles. The van der Waals surface area contributed by atoms with Gasteiger partial charge in [-0.3, -0.25) is 9.78 Å². The molecule has 0 aliphatic heterocycles. The first-order chi connectivity index (χ1) is 10.7. The van der Waals surface area contributed by atoms with Crippen LogP contribution in [0.15, 0.2) is 18.7 Å². The zero-order valence-electron chi connectivity index (χ0n) is 12.6. The maximum Gasteiger partial charge on any atom is 0.319 e. The van der Waals surface area contributed by atoms with Crippen LogP contribution in [-0.4, -0.2) is 37.5 Å². The second-order valence-corrected chi connectivity index (χ2v) is 5.70. The molecule has 2 aromatic heterocycles. The van der Waals surface area contributed by atoms with E-state index < -0.39 is 0 Å². The van der Waals surface area contributed by atoms with Crippen molar-refractivity contribution in [1.82, 2.24) is 30.3 Å². The Morgan fingerprint density at radius 2 is 2.41 bits per heavy atom. The van der Waals surface area contributed by atoms with Crippen molar-refractivity contribution in [3.8, 4) is 0 Å². The Bertz CT molecular complexity index is 602. The van der Waals surface area contributed by atoms with Crippen LogP contribution in [0.5, 0.6) is 0 Å². The number of aromatic amines is 1. The SMILES string of the molecule is C[C@H](C1CC1)n1cc(NC(=O)NCCCc2ncn[nH]2)cn1. The van der Waals surface area contributed by atoms with Crippen molar-refractivity contribution in [2.45, 2.75) is 38.6 Å². The molecule has 118 valence electrons. The summed E-state index contributed by atoms with van der Waals surface area (Å²) in [7, 11) is 0. The van der Waals surface area contributed by atoms with Gasteiger partial charge < -0.3 is 10.6 Å². The monoisotopic (exact) mass is 303 g/mol. The predicted octanol–water partition coefficient (Wildman–Crippen LogP) is 1.73. The van der Waals surface area contributed by atoms with Crippen molar-refractivity contribution < 1.29 is 4.79 Å². The number of aryl methyl sites for hydroxylation is 1. The highest BCUT2D eigenvalue weighted by Gasteiger charge is 2.29. The van der Waals surface area contributed by atoms with Gasteiger partial charge in [0.1, 0.15) is 12.2 Å². The molecule has 3 N–H and O–H groups in total. The Hall–Kier alpha value is -2.38. The molecular formula is C14H21N7O. The van der Waals surface area contributed by atoms with Crippen LogP contribution in [0.3, 0.4) is 0 Å². The van der Waals surface area contributed by atoms with Crippen molar-refractivity contribution in [2.24, 2.45) is 5.92 Å². The number of nitrogens with zero attached hydrogens (tertiary/aromatic N) is 4. The van der Waals surface area contributed by atoms with E-state index in [9.17, 15) is 4.79 Å². The summed E-state index contributed by atoms with van der Waals surface area (Å²) in [5.74, 6) is 1.57. The van der Waals surface area contributed by atoms with E-state index in [1.807, 2.05) is 10.9 Å². The highest BCUT2D eigenvalue weighted by Crippen LogP contribution is 2.39. The Morgan fingerprint density at radius 1 is 1.55 bits per heavy atom. The molecule has 8 nitrogen and oxygen atoms in total. The van der Waals surface area contributed by atoms with Crippen LogP contribution in [0, 0.1) is 5.92 Å². The number of anilines is 1. The van der Waals surface area contributed by atoms with E-state index in [0.29, 0.717) is 12.6 Å². The summed E-state index contributed by atoms with van der Waals surface area (Å²) >= 11 is 0. The molecule has 2 aromatic rings. The van der Waals surface area contributed by atoms with Gasteiger partial charge in [-0.1, -0.05) is 0 Å². The van der Waals surface area contributed by atoms with E-state index in [1.54, 1.807) is 6.20 Å². The Morgan fingerprint density at radius 3 is 3.14 bits per heavy atom. The third-order valence-electron chi connectivity index (χ3n) is 3.92.